The molecule has 10 heteroatoms. The lowest BCUT2D eigenvalue weighted by molar-refractivity contribution is 0.0529. The molecule has 9 nitrogen and oxygen atoms in total. The number of sulfone groups is 1. The van der Waals surface area contributed by atoms with Crippen molar-refractivity contribution in [2.24, 2.45) is 0 Å². The molecule has 0 heterocycles. The molecule has 0 unspecified atom stereocenters. The van der Waals surface area contributed by atoms with E-state index in [0.29, 0.717) is 36.3 Å². The van der Waals surface area contributed by atoms with E-state index in [0.717, 1.165) is 16.8 Å². The first-order valence-electron chi connectivity index (χ1n) is 15.3. The summed E-state index contributed by atoms with van der Waals surface area (Å²) in [4.78, 5) is 28.5. The quantitative estimate of drug-likeness (QED) is 0.184. The van der Waals surface area contributed by atoms with Gasteiger partial charge in [-0.2, -0.15) is 0 Å². The number of hydrogen-bond acceptors (Lipinski definition) is 7. The average molecular weight is 658 g/mol. The molecule has 2 amide bonds. The molecule has 4 aromatic carbocycles. The van der Waals surface area contributed by atoms with Crippen molar-refractivity contribution in [3.05, 3.63) is 114 Å². The normalized spacial score (nSPS) is 11.4. The van der Waals surface area contributed by atoms with Gasteiger partial charge in [0.05, 0.1) is 12.9 Å². The zero-order chi connectivity index (χ0) is 34.2. The molecule has 0 bridgehead atoms. The number of methoxy groups -OCH3 is 1. The Morgan fingerprint density at radius 1 is 0.809 bits per heavy atom. The van der Waals surface area contributed by atoms with Crippen LogP contribution in [0.3, 0.4) is 0 Å². The van der Waals surface area contributed by atoms with E-state index in [1.54, 1.807) is 56.6 Å². The second-order valence-electron chi connectivity index (χ2n) is 12.4. The fraction of sp³-hybridized carbons (Fsp3) is 0.297. The van der Waals surface area contributed by atoms with Crippen LogP contribution in [0.2, 0.25) is 0 Å². The number of nitrogens with one attached hydrogen (secondary N) is 1. The van der Waals surface area contributed by atoms with Gasteiger partial charge in [-0.15, -0.1) is 0 Å². The molecule has 0 saturated carbocycles. The first-order valence-corrected chi connectivity index (χ1v) is 17.0. The van der Waals surface area contributed by atoms with Gasteiger partial charge in [0.25, 0.3) is 5.91 Å². The molecule has 0 aliphatic heterocycles. The number of amides is 2. The number of nitrogens with zero attached hydrogens (tertiary/aromatic N) is 2. The zero-order valence-electron chi connectivity index (χ0n) is 27.8. The Kier molecular flexibility index (Phi) is 11.3. The monoisotopic (exact) mass is 657 g/mol. The van der Waals surface area contributed by atoms with Crippen molar-refractivity contribution in [2.45, 2.75) is 43.6 Å². The van der Waals surface area contributed by atoms with Gasteiger partial charge in [0.15, 0.2) is 9.84 Å². The van der Waals surface area contributed by atoms with Crippen LogP contribution >= 0.6 is 0 Å². The van der Waals surface area contributed by atoms with Crippen LogP contribution < -0.4 is 15.0 Å². The van der Waals surface area contributed by atoms with Crippen LogP contribution in [0.15, 0.2) is 102 Å². The first-order chi connectivity index (χ1) is 22.3. The number of carbonyl (C=O) groups is 2. The van der Waals surface area contributed by atoms with Gasteiger partial charge in [-0.25, -0.2) is 13.2 Å². The van der Waals surface area contributed by atoms with E-state index in [1.807, 2.05) is 75.4 Å². The van der Waals surface area contributed by atoms with E-state index in [1.165, 1.54) is 12.0 Å². The fourth-order valence-corrected chi connectivity index (χ4v) is 6.58. The van der Waals surface area contributed by atoms with Crippen LogP contribution in [0.5, 0.6) is 5.75 Å². The smallest absolute Gasteiger partial charge is 0.407 e. The Morgan fingerprint density at radius 2 is 1.49 bits per heavy atom. The van der Waals surface area contributed by atoms with Gasteiger partial charge in [0, 0.05) is 45.0 Å². The van der Waals surface area contributed by atoms with Crippen LogP contribution in [-0.2, 0) is 26.9 Å². The predicted molar refractivity (Wildman–Crippen MR) is 186 cm³/mol. The van der Waals surface area contributed by atoms with Crippen molar-refractivity contribution in [1.29, 1.82) is 0 Å². The summed E-state index contributed by atoms with van der Waals surface area (Å²) in [7, 11) is 0.946. The first kappa shape index (κ1) is 35.0. The lowest BCUT2D eigenvalue weighted by Gasteiger charge is -2.26. The van der Waals surface area contributed by atoms with Crippen molar-refractivity contribution < 1.29 is 27.5 Å². The average Bonchev–Trinajstić information content (AvgIpc) is 3.03. The van der Waals surface area contributed by atoms with E-state index >= 15 is 0 Å². The Hall–Kier alpha value is -4.83. The summed E-state index contributed by atoms with van der Waals surface area (Å²) in [6.07, 6.45) is -0.496. The number of benzene rings is 4. The maximum Gasteiger partial charge on any atom is 0.407 e. The SMILES string of the molecule is COc1ccc(-c2cccc(C(=O)N(C)C)c2)cc1S(=O)(=O)Cc1cccc(N(CCNC(=O)OC(C)(C)C)Cc2ccccc2)c1. The summed E-state index contributed by atoms with van der Waals surface area (Å²) in [5.74, 6) is -0.158. The number of alkyl carbamates (subject to hydrolysis) is 1. The van der Waals surface area contributed by atoms with Crippen molar-refractivity contribution in [3.8, 4) is 16.9 Å². The van der Waals surface area contributed by atoms with Crippen molar-refractivity contribution in [1.82, 2.24) is 10.2 Å². The van der Waals surface area contributed by atoms with Crippen LogP contribution in [0.1, 0.15) is 42.3 Å². The zero-order valence-corrected chi connectivity index (χ0v) is 28.6. The molecule has 0 spiro atoms. The summed E-state index contributed by atoms with van der Waals surface area (Å²) >= 11 is 0. The minimum absolute atomic E-state index is 0.0648. The number of carbonyl (C=O) groups excluding carboxylic acids is 2. The van der Waals surface area contributed by atoms with E-state index in [9.17, 15) is 18.0 Å². The number of ether oxygens (including phenoxy) is 2. The van der Waals surface area contributed by atoms with Crippen LogP contribution in [0.4, 0.5) is 10.5 Å². The summed E-state index contributed by atoms with van der Waals surface area (Å²) < 4.78 is 38.8. The van der Waals surface area contributed by atoms with Crippen LogP contribution in [0.25, 0.3) is 11.1 Å². The number of anilines is 1. The molecule has 0 aromatic heterocycles. The third kappa shape index (κ3) is 9.83. The second kappa shape index (κ2) is 15.2. The molecule has 4 aromatic rings. The molecule has 0 aliphatic carbocycles. The van der Waals surface area contributed by atoms with Crippen LogP contribution in [-0.4, -0.2) is 65.2 Å². The summed E-state index contributed by atoms with van der Waals surface area (Å²) in [6, 6.07) is 29.5. The Labute approximate surface area is 278 Å². The Morgan fingerprint density at radius 3 is 2.17 bits per heavy atom. The van der Waals surface area contributed by atoms with Gasteiger partial charge in [-0.1, -0.05) is 60.7 Å². The molecular formula is C37H43N3O6S. The summed E-state index contributed by atoms with van der Waals surface area (Å²) in [6.45, 7) is 6.78. The van der Waals surface area contributed by atoms with E-state index < -0.39 is 21.5 Å². The van der Waals surface area contributed by atoms with Gasteiger partial charge >= 0.3 is 6.09 Å². The molecule has 0 fully saturated rings. The molecule has 0 aliphatic rings. The highest BCUT2D eigenvalue weighted by molar-refractivity contribution is 7.90. The van der Waals surface area contributed by atoms with Crippen LogP contribution in [0, 0.1) is 0 Å². The summed E-state index contributed by atoms with van der Waals surface area (Å²) in [5, 5.41) is 2.81. The third-order valence-electron chi connectivity index (χ3n) is 7.25. The lowest BCUT2D eigenvalue weighted by Crippen LogP contribution is -2.38. The fourth-order valence-electron chi connectivity index (χ4n) is 5.04. The molecule has 0 saturated heterocycles. The molecule has 1 N–H and O–H groups in total. The second-order valence-corrected chi connectivity index (χ2v) is 14.4. The highest BCUT2D eigenvalue weighted by Gasteiger charge is 2.23. The number of rotatable bonds is 12. The van der Waals surface area contributed by atoms with Gasteiger partial charge in [0.1, 0.15) is 16.2 Å². The number of hydrogen-bond donors (Lipinski definition) is 1. The molecule has 0 atom stereocenters. The standard InChI is InChI=1S/C37H43N3O6S/c1-37(2,3)46-36(42)38-20-21-40(25-27-12-8-7-9-13-27)32-17-10-14-28(22-32)26-47(43,44)34-24-30(18-19-33(34)45-6)29-15-11-16-31(23-29)35(41)39(4)5/h7-19,22-24H,20-21,25-26H2,1-6H3,(H,38,42). The largest absolute Gasteiger partial charge is 0.495 e. The van der Waals surface area contributed by atoms with E-state index in [-0.39, 0.29) is 22.3 Å². The van der Waals surface area contributed by atoms with Crippen molar-refractivity contribution in [3.63, 3.8) is 0 Å². The Balaban J connectivity index is 1.60. The molecule has 47 heavy (non-hydrogen) atoms. The molecule has 4 rings (SSSR count). The molecular weight excluding hydrogens is 614 g/mol. The molecule has 248 valence electrons. The van der Waals surface area contributed by atoms with E-state index in [2.05, 4.69) is 10.2 Å². The maximum atomic E-state index is 13.9. The highest BCUT2D eigenvalue weighted by Crippen LogP contribution is 2.33. The van der Waals surface area contributed by atoms with E-state index in [4.69, 9.17) is 9.47 Å². The minimum atomic E-state index is -3.87. The summed E-state index contributed by atoms with van der Waals surface area (Å²) in [5.41, 5.74) is 3.76. The maximum absolute atomic E-state index is 13.9. The topological polar surface area (TPSA) is 105 Å². The van der Waals surface area contributed by atoms with Gasteiger partial charge in [0.2, 0.25) is 0 Å². The third-order valence-corrected chi connectivity index (χ3v) is 8.95. The molecule has 0 radical (unpaired) electrons. The Bertz CT molecular complexity index is 1800. The van der Waals surface area contributed by atoms with Crippen molar-refractivity contribution in [2.75, 3.05) is 39.2 Å². The lowest BCUT2D eigenvalue weighted by atomic mass is 10.0. The minimum Gasteiger partial charge on any atom is -0.495 e. The van der Waals surface area contributed by atoms with Gasteiger partial charge in [-0.05, 0) is 79.4 Å². The predicted octanol–water partition coefficient (Wildman–Crippen LogP) is 6.57. The van der Waals surface area contributed by atoms with Crippen molar-refractivity contribution >= 4 is 27.5 Å². The van der Waals surface area contributed by atoms with Gasteiger partial charge < -0.3 is 24.6 Å². The van der Waals surface area contributed by atoms with Gasteiger partial charge in [-0.3, -0.25) is 4.79 Å². The highest BCUT2D eigenvalue weighted by atomic mass is 32.2.